The molecule has 2 heterocycles. The Bertz CT molecular complexity index is 1610. The number of sulfone groups is 1. The first-order valence-corrected chi connectivity index (χ1v) is 15.9. The number of aromatic nitrogens is 2. The van der Waals surface area contributed by atoms with Crippen LogP contribution in [0, 0.1) is 0 Å². The molecule has 0 bridgehead atoms. The molecule has 2 N–H and O–H groups in total. The summed E-state index contributed by atoms with van der Waals surface area (Å²) in [6, 6.07) is 16.1. The maximum atomic E-state index is 12.8. The number of anilines is 1. The predicted octanol–water partition coefficient (Wildman–Crippen LogP) is 6.36. The fourth-order valence-corrected chi connectivity index (χ4v) is 6.29. The lowest BCUT2D eigenvalue weighted by Crippen LogP contribution is -2.15. The van der Waals surface area contributed by atoms with E-state index in [1.807, 2.05) is 5.38 Å². The molecule has 2 aromatic carbocycles. The third-order valence-corrected chi connectivity index (χ3v) is 9.06. The van der Waals surface area contributed by atoms with E-state index in [2.05, 4.69) is 36.1 Å². The molecule has 41 heavy (non-hydrogen) atoms. The number of rotatable bonds is 11. The van der Waals surface area contributed by atoms with Crippen LogP contribution in [0.1, 0.15) is 49.2 Å². The first kappa shape index (κ1) is 30.5. The van der Waals surface area contributed by atoms with Crippen molar-refractivity contribution < 1.29 is 23.1 Å². The molecule has 0 unspecified atom stereocenters. The number of hydrogen-bond donors (Lipinski definition) is 2. The fraction of sp³-hybridized carbons (Fsp3) is 0.300. The molecule has 0 spiro atoms. The van der Waals surface area contributed by atoms with Gasteiger partial charge in [0.05, 0.1) is 34.1 Å². The Balaban J connectivity index is 1.31. The van der Waals surface area contributed by atoms with Crippen molar-refractivity contribution >= 4 is 44.4 Å². The van der Waals surface area contributed by atoms with Crippen LogP contribution in [0.4, 0.5) is 5.69 Å². The molecule has 0 atom stereocenters. The van der Waals surface area contributed by atoms with Crippen LogP contribution in [0.15, 0.2) is 70.9 Å². The zero-order chi connectivity index (χ0) is 29.6. The molecule has 1 amide bonds. The van der Waals surface area contributed by atoms with E-state index < -0.39 is 9.84 Å². The van der Waals surface area contributed by atoms with Crippen molar-refractivity contribution in [1.82, 2.24) is 9.97 Å². The highest BCUT2D eigenvalue weighted by atomic mass is 35.5. The summed E-state index contributed by atoms with van der Waals surface area (Å²) < 4.78 is 31.0. The average Bonchev–Trinajstić information content (AvgIpc) is 3.40. The van der Waals surface area contributed by atoms with Gasteiger partial charge in [0, 0.05) is 21.9 Å². The standard InChI is InChI=1S/C30H32ClN3O5S2/c1-30(2,3)26-19-40-29(34-26)18-39-28-8-4-7-22(32-28)17-27(36)33-24-16-20(9-14-25(24)35)6-5-15-41(37,38)23-12-10-21(31)11-13-23/h4,7-14,16,19,35H,5-6,15,17-18H2,1-3H3,(H,33,36). The van der Waals surface area contributed by atoms with E-state index in [1.54, 1.807) is 42.5 Å². The van der Waals surface area contributed by atoms with E-state index in [0.717, 1.165) is 16.3 Å². The molecular formula is C30H32ClN3O5S2. The number of phenols is 1. The van der Waals surface area contributed by atoms with Crippen molar-refractivity contribution in [2.45, 2.75) is 57.0 Å². The van der Waals surface area contributed by atoms with Gasteiger partial charge in [0.1, 0.15) is 17.4 Å². The number of amides is 1. The summed E-state index contributed by atoms with van der Waals surface area (Å²) in [6.07, 6.45) is 0.803. The van der Waals surface area contributed by atoms with E-state index in [9.17, 15) is 18.3 Å². The van der Waals surface area contributed by atoms with Gasteiger partial charge in [-0.3, -0.25) is 4.79 Å². The number of ether oxygens (including phenoxy) is 1. The second-order valence-electron chi connectivity index (χ2n) is 10.6. The van der Waals surface area contributed by atoms with Gasteiger partial charge in [0.2, 0.25) is 11.8 Å². The molecule has 0 saturated carbocycles. The van der Waals surface area contributed by atoms with Crippen molar-refractivity contribution in [2.24, 2.45) is 0 Å². The topological polar surface area (TPSA) is 118 Å². The number of benzene rings is 2. The van der Waals surface area contributed by atoms with Crippen LogP contribution in [0.3, 0.4) is 0 Å². The first-order valence-electron chi connectivity index (χ1n) is 13.0. The van der Waals surface area contributed by atoms with Gasteiger partial charge < -0.3 is 15.2 Å². The van der Waals surface area contributed by atoms with Gasteiger partial charge in [-0.25, -0.2) is 18.4 Å². The van der Waals surface area contributed by atoms with Gasteiger partial charge in [0.15, 0.2) is 9.84 Å². The minimum absolute atomic E-state index is 0.0222. The van der Waals surface area contributed by atoms with Crippen molar-refractivity contribution in [2.75, 3.05) is 11.1 Å². The summed E-state index contributed by atoms with van der Waals surface area (Å²) in [6.45, 7) is 6.60. The molecule has 4 rings (SSSR count). The molecule has 0 saturated heterocycles. The molecule has 0 aliphatic carbocycles. The van der Waals surface area contributed by atoms with Crippen LogP contribution < -0.4 is 10.1 Å². The molecule has 0 aliphatic heterocycles. The molecule has 11 heteroatoms. The molecule has 8 nitrogen and oxygen atoms in total. The lowest BCUT2D eigenvalue weighted by Gasteiger charge is -2.14. The molecule has 4 aromatic rings. The number of halogens is 1. The quantitative estimate of drug-likeness (QED) is 0.189. The Morgan fingerprint density at radius 1 is 1.07 bits per heavy atom. The van der Waals surface area contributed by atoms with Crippen LogP contribution >= 0.6 is 22.9 Å². The summed E-state index contributed by atoms with van der Waals surface area (Å²) in [4.78, 5) is 22.0. The Morgan fingerprint density at radius 2 is 1.83 bits per heavy atom. The van der Waals surface area contributed by atoms with Crippen LogP contribution in [0.5, 0.6) is 11.6 Å². The molecule has 216 valence electrons. The Morgan fingerprint density at radius 3 is 2.54 bits per heavy atom. The molecule has 2 aromatic heterocycles. The Labute approximate surface area is 249 Å². The monoisotopic (exact) mass is 613 g/mol. The van der Waals surface area contributed by atoms with E-state index >= 15 is 0 Å². The largest absolute Gasteiger partial charge is 0.506 e. The number of phenolic OH excluding ortho intramolecular Hbond substituents is 1. The highest BCUT2D eigenvalue weighted by molar-refractivity contribution is 7.91. The highest BCUT2D eigenvalue weighted by Gasteiger charge is 2.18. The van der Waals surface area contributed by atoms with Crippen LogP contribution in [0.25, 0.3) is 0 Å². The molecule has 0 radical (unpaired) electrons. The minimum atomic E-state index is -3.45. The number of thiazole rings is 1. The number of hydrogen-bond acceptors (Lipinski definition) is 8. The summed E-state index contributed by atoms with van der Waals surface area (Å²) in [7, 11) is -3.45. The van der Waals surface area contributed by atoms with Gasteiger partial charge >= 0.3 is 0 Å². The van der Waals surface area contributed by atoms with Crippen LogP contribution in [-0.2, 0) is 39.5 Å². The van der Waals surface area contributed by atoms with Gasteiger partial charge in [-0.15, -0.1) is 11.3 Å². The third-order valence-electron chi connectivity index (χ3n) is 6.17. The second-order valence-corrected chi connectivity index (χ2v) is 14.1. The van der Waals surface area contributed by atoms with Crippen molar-refractivity contribution in [3.63, 3.8) is 0 Å². The predicted molar refractivity (Wildman–Crippen MR) is 162 cm³/mol. The Hall–Kier alpha value is -3.47. The molecular weight excluding hydrogens is 582 g/mol. The summed E-state index contributed by atoms with van der Waals surface area (Å²) in [5, 5.41) is 16.4. The maximum absolute atomic E-state index is 12.8. The normalized spacial score (nSPS) is 11.8. The summed E-state index contributed by atoms with van der Waals surface area (Å²) >= 11 is 7.39. The number of aryl methyl sites for hydroxylation is 1. The summed E-state index contributed by atoms with van der Waals surface area (Å²) in [5.41, 5.74) is 2.52. The van der Waals surface area contributed by atoms with Gasteiger partial charge in [-0.05, 0) is 60.9 Å². The van der Waals surface area contributed by atoms with E-state index in [1.165, 1.54) is 29.5 Å². The van der Waals surface area contributed by atoms with Crippen molar-refractivity contribution in [3.05, 3.63) is 93.0 Å². The van der Waals surface area contributed by atoms with Gasteiger partial charge in [0.25, 0.3) is 0 Å². The number of carbonyl (C=O) groups is 1. The number of pyridine rings is 1. The zero-order valence-electron chi connectivity index (χ0n) is 23.1. The number of aromatic hydroxyl groups is 1. The van der Waals surface area contributed by atoms with Crippen LogP contribution in [-0.4, -0.2) is 35.2 Å². The van der Waals surface area contributed by atoms with E-state index in [0.29, 0.717) is 29.4 Å². The second kappa shape index (κ2) is 13.0. The maximum Gasteiger partial charge on any atom is 0.230 e. The number of nitrogens with one attached hydrogen (secondary N) is 1. The first-order chi connectivity index (χ1) is 19.4. The Kier molecular flexibility index (Phi) is 9.68. The van der Waals surface area contributed by atoms with Gasteiger partial charge in [-0.2, -0.15) is 0 Å². The minimum Gasteiger partial charge on any atom is -0.506 e. The zero-order valence-corrected chi connectivity index (χ0v) is 25.4. The fourth-order valence-electron chi connectivity index (χ4n) is 3.92. The van der Waals surface area contributed by atoms with Gasteiger partial charge in [-0.1, -0.05) is 44.5 Å². The smallest absolute Gasteiger partial charge is 0.230 e. The highest BCUT2D eigenvalue weighted by Crippen LogP contribution is 2.26. The lowest BCUT2D eigenvalue weighted by molar-refractivity contribution is -0.115. The number of nitrogens with zero attached hydrogens (tertiary/aromatic N) is 2. The number of carbonyl (C=O) groups excluding carboxylic acids is 1. The van der Waals surface area contributed by atoms with E-state index in [4.69, 9.17) is 16.3 Å². The summed E-state index contributed by atoms with van der Waals surface area (Å²) in [5.74, 6) is -0.0935. The molecule has 0 aliphatic rings. The third kappa shape index (κ3) is 8.76. The van der Waals surface area contributed by atoms with Crippen molar-refractivity contribution in [3.8, 4) is 11.6 Å². The average molecular weight is 614 g/mol. The lowest BCUT2D eigenvalue weighted by atomic mass is 9.93. The van der Waals surface area contributed by atoms with Crippen molar-refractivity contribution in [1.29, 1.82) is 0 Å². The van der Waals surface area contributed by atoms with Crippen LogP contribution in [0.2, 0.25) is 5.02 Å². The SMILES string of the molecule is CC(C)(C)c1csc(COc2cccc(CC(=O)Nc3cc(CCCS(=O)(=O)c4ccc(Cl)cc4)ccc3O)n2)n1. The molecule has 0 fully saturated rings. The van der Waals surface area contributed by atoms with E-state index in [-0.39, 0.29) is 46.4 Å².